The number of thioether (sulfide) groups is 1. The highest BCUT2D eigenvalue weighted by Gasteiger charge is 2.30. The van der Waals surface area contributed by atoms with Crippen molar-refractivity contribution in [1.82, 2.24) is 5.32 Å². The number of aryl methyl sites for hydroxylation is 1. The maximum Gasteiger partial charge on any atom is 0.239 e. The molecule has 3 rings (SSSR count). The van der Waals surface area contributed by atoms with Crippen LogP contribution in [0.2, 0.25) is 0 Å². The highest BCUT2D eigenvalue weighted by molar-refractivity contribution is 8.15. The Hall–Kier alpha value is -2.60. The van der Waals surface area contributed by atoms with Gasteiger partial charge in [0.2, 0.25) is 5.91 Å². The molecular formula is C20H22N4OS. The molecule has 0 aromatic heterocycles. The Labute approximate surface area is 158 Å². The number of hydrogen-bond acceptors (Lipinski definition) is 5. The summed E-state index contributed by atoms with van der Waals surface area (Å²) in [5.41, 5.74) is 4.45. The van der Waals surface area contributed by atoms with Crippen LogP contribution >= 0.6 is 11.8 Å². The number of carbonyl (C=O) groups is 1. The molecule has 5 nitrogen and oxygen atoms in total. The first kappa shape index (κ1) is 18.2. The third-order valence-corrected chi connectivity index (χ3v) is 5.12. The van der Waals surface area contributed by atoms with Crippen molar-refractivity contribution in [2.24, 2.45) is 10.2 Å². The maximum absolute atomic E-state index is 12.1. The van der Waals surface area contributed by atoms with E-state index in [-0.39, 0.29) is 11.2 Å². The Morgan fingerprint density at radius 3 is 2.65 bits per heavy atom. The maximum atomic E-state index is 12.1. The summed E-state index contributed by atoms with van der Waals surface area (Å²) in [5, 5.41) is 11.4. The van der Waals surface area contributed by atoms with Crippen LogP contribution in [0.1, 0.15) is 16.7 Å². The van der Waals surface area contributed by atoms with Gasteiger partial charge in [0.05, 0.1) is 11.5 Å². The molecule has 2 aromatic rings. The largest absolute Gasteiger partial charge is 0.378 e. The minimum Gasteiger partial charge on any atom is -0.378 e. The summed E-state index contributed by atoms with van der Waals surface area (Å²) in [5.74, 6) is -0.0132. The molecule has 134 valence electrons. The van der Waals surface area contributed by atoms with Crippen molar-refractivity contribution < 1.29 is 4.79 Å². The molecule has 1 aliphatic heterocycles. The molecule has 1 aliphatic rings. The molecule has 1 saturated heterocycles. The van der Waals surface area contributed by atoms with Gasteiger partial charge in [0, 0.05) is 19.8 Å². The standard InChI is InChI=1S/C20H22N4OS/c1-14-5-4-6-16(11-14)12-18-19(25)22-20(26-18)23-21-13-15-7-9-17(10-8-15)24(2)3/h4-11,13,18H,12H2,1-3H3,(H,22,23,25). The van der Waals surface area contributed by atoms with Gasteiger partial charge in [0.1, 0.15) is 0 Å². The highest BCUT2D eigenvalue weighted by atomic mass is 32.2. The van der Waals surface area contributed by atoms with Crippen molar-refractivity contribution in [2.45, 2.75) is 18.6 Å². The summed E-state index contributed by atoms with van der Waals surface area (Å²) >= 11 is 1.43. The predicted molar refractivity (Wildman–Crippen MR) is 110 cm³/mol. The molecule has 1 fully saturated rings. The Bertz CT molecular complexity index is 843. The monoisotopic (exact) mass is 366 g/mol. The van der Waals surface area contributed by atoms with Crippen molar-refractivity contribution >= 4 is 34.7 Å². The van der Waals surface area contributed by atoms with Crippen LogP contribution in [-0.2, 0) is 11.2 Å². The lowest BCUT2D eigenvalue weighted by atomic mass is 10.1. The first-order valence-electron chi connectivity index (χ1n) is 8.43. The molecular weight excluding hydrogens is 344 g/mol. The Morgan fingerprint density at radius 1 is 1.19 bits per heavy atom. The van der Waals surface area contributed by atoms with Crippen LogP contribution in [0.3, 0.4) is 0 Å². The second-order valence-electron chi connectivity index (χ2n) is 6.42. The number of benzene rings is 2. The molecule has 6 heteroatoms. The molecule has 1 unspecified atom stereocenters. The summed E-state index contributed by atoms with van der Waals surface area (Å²) < 4.78 is 0. The predicted octanol–water partition coefficient (Wildman–Crippen LogP) is 3.23. The van der Waals surface area contributed by atoms with Gasteiger partial charge >= 0.3 is 0 Å². The van der Waals surface area contributed by atoms with Crippen LogP contribution < -0.4 is 10.2 Å². The van der Waals surface area contributed by atoms with Gasteiger partial charge in [-0.25, -0.2) is 0 Å². The lowest BCUT2D eigenvalue weighted by molar-refractivity contribution is -0.118. The number of rotatable bonds is 5. The van der Waals surface area contributed by atoms with Crippen molar-refractivity contribution in [3.8, 4) is 0 Å². The van der Waals surface area contributed by atoms with Crippen molar-refractivity contribution in [3.63, 3.8) is 0 Å². The Morgan fingerprint density at radius 2 is 1.96 bits per heavy atom. The summed E-state index contributed by atoms with van der Waals surface area (Å²) in [6, 6.07) is 16.3. The fraction of sp³-hybridized carbons (Fsp3) is 0.250. The van der Waals surface area contributed by atoms with Gasteiger partial charge in [0.15, 0.2) is 5.17 Å². The lowest BCUT2D eigenvalue weighted by Gasteiger charge is -2.11. The van der Waals surface area contributed by atoms with E-state index < -0.39 is 0 Å². The summed E-state index contributed by atoms with van der Waals surface area (Å²) in [4.78, 5) is 14.2. The van der Waals surface area contributed by atoms with E-state index in [4.69, 9.17) is 0 Å². The average molecular weight is 366 g/mol. The zero-order valence-electron chi connectivity index (χ0n) is 15.1. The number of carbonyl (C=O) groups excluding carboxylic acids is 1. The Kier molecular flexibility index (Phi) is 5.73. The van der Waals surface area contributed by atoms with E-state index in [1.807, 2.05) is 55.4 Å². The van der Waals surface area contributed by atoms with Gasteiger partial charge < -0.3 is 10.2 Å². The third-order valence-electron chi connectivity index (χ3n) is 4.04. The van der Waals surface area contributed by atoms with Crippen LogP contribution in [0.5, 0.6) is 0 Å². The Balaban J connectivity index is 1.60. The van der Waals surface area contributed by atoms with E-state index in [2.05, 4.69) is 34.6 Å². The van der Waals surface area contributed by atoms with E-state index >= 15 is 0 Å². The molecule has 1 atom stereocenters. The number of anilines is 1. The van der Waals surface area contributed by atoms with Crippen LogP contribution in [0, 0.1) is 6.92 Å². The SMILES string of the molecule is Cc1cccc(CC2SC(=NN=Cc3ccc(N(C)C)cc3)NC2=O)c1. The van der Waals surface area contributed by atoms with Crippen LogP contribution in [0.15, 0.2) is 58.7 Å². The van der Waals surface area contributed by atoms with Crippen molar-refractivity contribution in [1.29, 1.82) is 0 Å². The highest BCUT2D eigenvalue weighted by Crippen LogP contribution is 2.23. The van der Waals surface area contributed by atoms with E-state index in [0.717, 1.165) is 16.8 Å². The number of amidine groups is 1. The number of amides is 1. The van der Waals surface area contributed by atoms with E-state index in [1.54, 1.807) is 6.21 Å². The minimum absolute atomic E-state index is 0.0132. The summed E-state index contributed by atoms with van der Waals surface area (Å²) in [6.45, 7) is 2.05. The van der Waals surface area contributed by atoms with Crippen molar-refractivity contribution in [2.75, 3.05) is 19.0 Å². The quantitative estimate of drug-likeness (QED) is 0.653. The van der Waals surface area contributed by atoms with Gasteiger partial charge in [-0.1, -0.05) is 53.7 Å². The number of hydrogen-bond donors (Lipinski definition) is 1. The van der Waals surface area contributed by atoms with Gasteiger partial charge in [-0.2, -0.15) is 5.10 Å². The summed E-state index contributed by atoms with van der Waals surface area (Å²) in [6.07, 6.45) is 2.37. The van der Waals surface area contributed by atoms with E-state index in [1.165, 1.54) is 17.3 Å². The second kappa shape index (κ2) is 8.19. The lowest BCUT2D eigenvalue weighted by Crippen LogP contribution is -2.25. The molecule has 1 heterocycles. The molecule has 0 saturated carbocycles. The fourth-order valence-electron chi connectivity index (χ4n) is 2.65. The molecule has 2 aromatic carbocycles. The fourth-order valence-corrected chi connectivity index (χ4v) is 3.61. The normalized spacial score (nSPS) is 18.5. The zero-order chi connectivity index (χ0) is 18.5. The molecule has 0 aliphatic carbocycles. The van der Waals surface area contributed by atoms with Crippen molar-refractivity contribution in [3.05, 3.63) is 65.2 Å². The molecule has 0 spiro atoms. The van der Waals surface area contributed by atoms with E-state index in [0.29, 0.717) is 11.6 Å². The molecule has 0 bridgehead atoms. The smallest absolute Gasteiger partial charge is 0.239 e. The van der Waals surface area contributed by atoms with Gasteiger partial charge in [-0.05, 0) is 36.6 Å². The molecule has 1 amide bonds. The first-order chi connectivity index (χ1) is 12.5. The van der Waals surface area contributed by atoms with Gasteiger partial charge in [0.25, 0.3) is 0 Å². The third kappa shape index (κ3) is 4.73. The topological polar surface area (TPSA) is 57.1 Å². The average Bonchev–Trinajstić information content (AvgIpc) is 2.95. The minimum atomic E-state index is -0.162. The summed E-state index contributed by atoms with van der Waals surface area (Å²) in [7, 11) is 4.00. The first-order valence-corrected chi connectivity index (χ1v) is 9.31. The molecule has 1 N–H and O–H groups in total. The van der Waals surface area contributed by atoms with Gasteiger partial charge in [-0.3, -0.25) is 4.79 Å². The van der Waals surface area contributed by atoms with Gasteiger partial charge in [-0.15, -0.1) is 5.10 Å². The number of nitrogens with one attached hydrogen (secondary N) is 1. The van der Waals surface area contributed by atoms with Crippen LogP contribution in [-0.4, -0.2) is 36.6 Å². The number of nitrogens with zero attached hydrogens (tertiary/aromatic N) is 3. The second-order valence-corrected chi connectivity index (χ2v) is 7.62. The van der Waals surface area contributed by atoms with E-state index in [9.17, 15) is 4.79 Å². The zero-order valence-corrected chi connectivity index (χ0v) is 16.0. The molecule has 0 radical (unpaired) electrons. The van der Waals surface area contributed by atoms with Crippen LogP contribution in [0.4, 0.5) is 5.69 Å². The van der Waals surface area contributed by atoms with Crippen LogP contribution in [0.25, 0.3) is 0 Å². The molecule has 26 heavy (non-hydrogen) atoms.